The van der Waals surface area contributed by atoms with Crippen molar-refractivity contribution in [1.29, 1.82) is 0 Å². The fourth-order valence-corrected chi connectivity index (χ4v) is 3.12. The Kier molecular flexibility index (Phi) is 6.42. The number of nitrogen functional groups attached to an aromatic ring is 1. The molecule has 3 N–H and O–H groups in total. The number of methoxy groups -OCH3 is 2. The third kappa shape index (κ3) is 4.75. The monoisotopic (exact) mass is 418 g/mol. The minimum Gasteiger partial charge on any atom is -0.497 e. The maximum Gasteiger partial charge on any atom is 0.255 e. The topological polar surface area (TPSA) is 90.6 Å². The van der Waals surface area contributed by atoms with Crippen molar-refractivity contribution in [3.63, 3.8) is 0 Å². The first kappa shape index (κ1) is 22.1. The van der Waals surface area contributed by atoms with E-state index in [2.05, 4.69) is 5.32 Å². The first-order valence-corrected chi connectivity index (χ1v) is 9.81. The highest BCUT2D eigenvalue weighted by Gasteiger charge is 2.21. The van der Waals surface area contributed by atoms with Gasteiger partial charge in [0.2, 0.25) is 0 Å². The molecule has 3 aromatic carbocycles. The van der Waals surface area contributed by atoms with E-state index in [4.69, 9.17) is 15.2 Å². The largest absolute Gasteiger partial charge is 0.497 e. The smallest absolute Gasteiger partial charge is 0.255 e. The Balaban J connectivity index is 1.88. The first-order valence-electron chi connectivity index (χ1n) is 9.81. The van der Waals surface area contributed by atoms with Crippen LogP contribution in [0.15, 0.2) is 66.7 Å². The number of carbonyl (C=O) groups excluding carboxylic acids is 2. The average molecular weight is 418 g/mol. The van der Waals surface area contributed by atoms with Gasteiger partial charge >= 0.3 is 0 Å². The molecule has 0 fully saturated rings. The maximum absolute atomic E-state index is 13.1. The number of amides is 1. The summed E-state index contributed by atoms with van der Waals surface area (Å²) in [6.45, 7) is 3.90. The summed E-state index contributed by atoms with van der Waals surface area (Å²) in [4.78, 5) is 25.9. The molecule has 0 saturated carbocycles. The highest BCUT2D eigenvalue weighted by atomic mass is 16.5. The second-order valence-electron chi connectivity index (χ2n) is 7.57. The Morgan fingerprint density at radius 2 is 1.48 bits per heavy atom. The highest BCUT2D eigenvalue weighted by molar-refractivity contribution is 6.17. The Morgan fingerprint density at radius 1 is 0.871 bits per heavy atom. The van der Waals surface area contributed by atoms with Gasteiger partial charge in [0.1, 0.15) is 5.75 Å². The van der Waals surface area contributed by atoms with Crippen LogP contribution in [0.1, 0.15) is 45.7 Å². The van der Waals surface area contributed by atoms with E-state index in [1.54, 1.807) is 68.8 Å². The Morgan fingerprint density at radius 3 is 2.06 bits per heavy atom. The van der Waals surface area contributed by atoms with Gasteiger partial charge in [-0.25, -0.2) is 0 Å². The number of ketones is 1. The molecule has 0 heterocycles. The molecular formula is C25H26N2O4. The lowest BCUT2D eigenvalue weighted by atomic mass is 9.96. The summed E-state index contributed by atoms with van der Waals surface area (Å²) < 4.78 is 10.6. The number of carbonyl (C=O) groups is 2. The van der Waals surface area contributed by atoms with Crippen molar-refractivity contribution in [2.24, 2.45) is 0 Å². The molecule has 31 heavy (non-hydrogen) atoms. The van der Waals surface area contributed by atoms with E-state index in [0.29, 0.717) is 28.1 Å². The van der Waals surface area contributed by atoms with Crippen molar-refractivity contribution >= 4 is 23.1 Å². The second-order valence-corrected chi connectivity index (χ2v) is 7.57. The lowest BCUT2D eigenvalue weighted by Crippen LogP contribution is -2.20. The Labute approximate surface area is 182 Å². The summed E-state index contributed by atoms with van der Waals surface area (Å²) in [5.41, 5.74) is 8.41. The molecule has 6 nitrogen and oxygen atoms in total. The van der Waals surface area contributed by atoms with Crippen molar-refractivity contribution in [3.05, 3.63) is 89.0 Å². The molecule has 3 aromatic rings. The van der Waals surface area contributed by atoms with Crippen molar-refractivity contribution < 1.29 is 19.1 Å². The van der Waals surface area contributed by atoms with Gasteiger partial charge in [-0.3, -0.25) is 9.59 Å². The molecule has 0 aliphatic carbocycles. The van der Waals surface area contributed by atoms with Gasteiger partial charge in [0.05, 0.1) is 24.1 Å². The number of anilines is 2. The molecule has 0 saturated heterocycles. The summed E-state index contributed by atoms with van der Waals surface area (Å²) in [6.07, 6.45) is 0. The summed E-state index contributed by atoms with van der Waals surface area (Å²) >= 11 is 0. The van der Waals surface area contributed by atoms with E-state index in [1.807, 2.05) is 26.0 Å². The van der Waals surface area contributed by atoms with E-state index in [-0.39, 0.29) is 17.4 Å². The Bertz CT molecular complexity index is 1090. The number of rotatable bonds is 7. The molecule has 1 amide bonds. The van der Waals surface area contributed by atoms with Crippen molar-refractivity contribution in [2.45, 2.75) is 19.4 Å². The zero-order valence-electron chi connectivity index (χ0n) is 18.1. The zero-order valence-corrected chi connectivity index (χ0v) is 18.1. The van der Waals surface area contributed by atoms with Crippen LogP contribution in [0.4, 0.5) is 11.4 Å². The molecule has 0 unspecified atom stereocenters. The van der Waals surface area contributed by atoms with Crippen LogP contribution in [0.5, 0.6) is 5.75 Å². The predicted octanol–water partition coefficient (Wildman–Crippen LogP) is 4.64. The quantitative estimate of drug-likeness (QED) is 0.431. The minimum absolute atomic E-state index is 0.248. The summed E-state index contributed by atoms with van der Waals surface area (Å²) in [5, 5.41) is 2.80. The lowest BCUT2D eigenvalue weighted by Gasteiger charge is -2.23. The Hall–Kier alpha value is -3.64. The number of hydrogen-bond acceptors (Lipinski definition) is 5. The molecule has 6 heteroatoms. The molecule has 0 atom stereocenters. The molecule has 0 bridgehead atoms. The summed E-state index contributed by atoms with van der Waals surface area (Å²) in [6, 6.07) is 18.9. The van der Waals surface area contributed by atoms with E-state index >= 15 is 0 Å². The van der Waals surface area contributed by atoms with Gasteiger partial charge in [-0.15, -0.1) is 0 Å². The van der Waals surface area contributed by atoms with Gasteiger partial charge in [0, 0.05) is 23.8 Å². The third-order valence-electron chi connectivity index (χ3n) is 5.28. The van der Waals surface area contributed by atoms with Crippen LogP contribution in [-0.4, -0.2) is 25.9 Å². The van der Waals surface area contributed by atoms with Gasteiger partial charge in [-0.1, -0.05) is 18.2 Å². The number of benzene rings is 3. The molecular weight excluding hydrogens is 392 g/mol. The van der Waals surface area contributed by atoms with Gasteiger partial charge < -0.3 is 20.5 Å². The van der Waals surface area contributed by atoms with Crippen LogP contribution in [-0.2, 0) is 10.3 Å². The van der Waals surface area contributed by atoms with E-state index in [0.717, 1.165) is 5.56 Å². The summed E-state index contributed by atoms with van der Waals surface area (Å²) in [5.74, 6) is 0.0450. The first-order chi connectivity index (χ1) is 14.8. The number of hydrogen-bond donors (Lipinski definition) is 2. The number of ether oxygens (including phenoxy) is 2. The maximum atomic E-state index is 13.1. The highest BCUT2D eigenvalue weighted by Crippen LogP contribution is 2.28. The molecule has 3 rings (SSSR count). The van der Waals surface area contributed by atoms with Crippen LogP contribution in [0.25, 0.3) is 0 Å². The van der Waals surface area contributed by atoms with Crippen molar-refractivity contribution in [3.8, 4) is 5.75 Å². The lowest BCUT2D eigenvalue weighted by molar-refractivity contribution is 0.0192. The van der Waals surface area contributed by atoms with Crippen LogP contribution >= 0.6 is 0 Å². The van der Waals surface area contributed by atoms with Crippen LogP contribution in [0, 0.1) is 0 Å². The standard InChI is InChI=1S/C25H26N2O4/c1-25(2,31-4)18-12-8-17(9-13-18)24(29)27-22-20(6-5-7-21(22)26)23(28)16-10-14-19(30-3)15-11-16/h5-15H,26H2,1-4H3,(H,27,29). The van der Waals surface area contributed by atoms with Gasteiger partial charge in [-0.05, 0) is 67.9 Å². The van der Waals surface area contributed by atoms with Crippen molar-refractivity contribution in [1.82, 2.24) is 0 Å². The minimum atomic E-state index is -0.461. The average Bonchev–Trinajstić information content (AvgIpc) is 2.80. The molecule has 0 spiro atoms. The molecule has 0 radical (unpaired) electrons. The van der Waals surface area contributed by atoms with Crippen LogP contribution < -0.4 is 15.8 Å². The van der Waals surface area contributed by atoms with Gasteiger partial charge in [-0.2, -0.15) is 0 Å². The van der Waals surface area contributed by atoms with E-state index in [9.17, 15) is 9.59 Å². The fraction of sp³-hybridized carbons (Fsp3) is 0.200. The third-order valence-corrected chi connectivity index (χ3v) is 5.28. The SMILES string of the molecule is COc1ccc(C(=O)c2cccc(N)c2NC(=O)c2ccc(C(C)(C)OC)cc2)cc1. The predicted molar refractivity (Wildman–Crippen MR) is 122 cm³/mol. The van der Waals surface area contributed by atoms with E-state index in [1.165, 1.54) is 0 Å². The van der Waals surface area contributed by atoms with Crippen molar-refractivity contribution in [2.75, 3.05) is 25.3 Å². The number of para-hydroxylation sites is 1. The second kappa shape index (κ2) is 9.02. The van der Waals surface area contributed by atoms with Crippen LogP contribution in [0.3, 0.4) is 0 Å². The fourth-order valence-electron chi connectivity index (χ4n) is 3.12. The van der Waals surface area contributed by atoms with Gasteiger partial charge in [0.25, 0.3) is 5.91 Å². The molecule has 160 valence electrons. The van der Waals surface area contributed by atoms with Gasteiger partial charge in [0.15, 0.2) is 5.78 Å². The molecule has 0 aliphatic heterocycles. The number of nitrogens with one attached hydrogen (secondary N) is 1. The zero-order chi connectivity index (χ0) is 22.6. The molecule has 0 aromatic heterocycles. The summed E-state index contributed by atoms with van der Waals surface area (Å²) in [7, 11) is 3.20. The molecule has 0 aliphatic rings. The normalized spacial score (nSPS) is 11.1. The van der Waals surface area contributed by atoms with E-state index < -0.39 is 5.60 Å². The van der Waals surface area contributed by atoms with Crippen LogP contribution in [0.2, 0.25) is 0 Å². The number of nitrogens with two attached hydrogens (primary N) is 1.